The smallest absolute Gasteiger partial charge is 1.00 e. The van der Waals surface area contributed by atoms with Gasteiger partial charge in [-0.2, -0.15) is 31.1 Å². The zero-order valence-corrected chi connectivity index (χ0v) is 19.7. The average molecular weight is 449 g/mol. The van der Waals surface area contributed by atoms with Crippen molar-refractivity contribution in [3.8, 4) is 22.5 Å². The van der Waals surface area contributed by atoms with E-state index in [2.05, 4.69) is 0 Å². The number of aromatic nitrogens is 2. The van der Waals surface area contributed by atoms with Gasteiger partial charge in [-0.3, -0.25) is 4.55 Å². The molecule has 3 aromatic heterocycles. The Labute approximate surface area is 198 Å². The normalized spacial score (nSPS) is 11.6. The van der Waals surface area contributed by atoms with Crippen molar-refractivity contribution < 1.29 is 44.0 Å². The van der Waals surface area contributed by atoms with E-state index in [0.717, 1.165) is 33.4 Å². The van der Waals surface area contributed by atoms with Crippen LogP contribution in [-0.4, -0.2) is 22.9 Å². The summed E-state index contributed by atoms with van der Waals surface area (Å²) in [4.78, 5) is 9.59. The van der Waals surface area contributed by atoms with E-state index in [1.165, 1.54) is 12.1 Å². The molecule has 0 radical (unpaired) electrons. The third-order valence-electron chi connectivity index (χ3n) is 4.48. The monoisotopic (exact) mass is 448 g/mol. The molecule has 1 N–H and O–H groups in total. The van der Waals surface area contributed by atoms with Gasteiger partial charge in [0.05, 0.1) is 27.3 Å². The number of thiophene rings is 2. The van der Waals surface area contributed by atoms with Crippen LogP contribution in [0.2, 0.25) is 0 Å². The Balaban J connectivity index is 0.00000128. The van der Waals surface area contributed by atoms with Crippen LogP contribution < -0.4 is 29.6 Å². The molecule has 2 aromatic carbocycles. The van der Waals surface area contributed by atoms with Crippen LogP contribution in [0.4, 0.5) is 0 Å². The van der Waals surface area contributed by atoms with Gasteiger partial charge in [0.25, 0.3) is 10.1 Å². The van der Waals surface area contributed by atoms with Crippen molar-refractivity contribution in [2.75, 3.05) is 0 Å². The molecule has 0 amide bonds. The molecule has 0 saturated heterocycles. The van der Waals surface area contributed by atoms with E-state index in [4.69, 9.17) is 9.97 Å². The summed E-state index contributed by atoms with van der Waals surface area (Å²) >= 11 is 3.20. The SMILES string of the molecule is O=S(=O)(O)c1ccc2cc3nc(-c4ccsc4)c(-c4ccsc4)nc3cc2c1.[H-].[Na+]. The van der Waals surface area contributed by atoms with E-state index in [-0.39, 0.29) is 35.9 Å². The number of hydrogen-bond donors (Lipinski definition) is 1. The number of benzene rings is 2. The molecule has 29 heavy (non-hydrogen) atoms. The van der Waals surface area contributed by atoms with Crippen LogP contribution in [0.5, 0.6) is 0 Å². The molecule has 5 nitrogen and oxygen atoms in total. The van der Waals surface area contributed by atoms with Gasteiger partial charge in [0.15, 0.2) is 0 Å². The van der Waals surface area contributed by atoms with Crippen molar-refractivity contribution in [3.63, 3.8) is 0 Å². The van der Waals surface area contributed by atoms with Gasteiger partial charge in [-0.25, -0.2) is 9.97 Å². The molecule has 5 rings (SSSR count). The molecule has 0 aliphatic carbocycles. The first-order chi connectivity index (χ1) is 13.5. The van der Waals surface area contributed by atoms with Crippen molar-refractivity contribution >= 4 is 54.6 Å². The van der Waals surface area contributed by atoms with Crippen LogP contribution in [0.25, 0.3) is 44.3 Å². The molecule has 0 unspecified atom stereocenters. The second-order valence-electron chi connectivity index (χ2n) is 6.27. The molecule has 0 fully saturated rings. The summed E-state index contributed by atoms with van der Waals surface area (Å²) in [6.45, 7) is 0. The van der Waals surface area contributed by atoms with Crippen molar-refractivity contribution in [2.45, 2.75) is 4.90 Å². The second kappa shape index (κ2) is 7.88. The Morgan fingerprint density at radius 3 is 1.83 bits per heavy atom. The van der Waals surface area contributed by atoms with Gasteiger partial charge >= 0.3 is 29.6 Å². The summed E-state index contributed by atoms with van der Waals surface area (Å²) in [6, 6.07) is 12.2. The molecule has 9 heteroatoms. The van der Waals surface area contributed by atoms with E-state index in [1.54, 1.807) is 34.8 Å². The first kappa shape index (κ1) is 20.6. The molecule has 0 spiro atoms. The largest absolute Gasteiger partial charge is 1.00 e. The summed E-state index contributed by atoms with van der Waals surface area (Å²) in [7, 11) is -4.26. The Morgan fingerprint density at radius 1 is 0.793 bits per heavy atom. The molecule has 140 valence electrons. The molecular weight excluding hydrogens is 435 g/mol. The van der Waals surface area contributed by atoms with Crippen LogP contribution in [0.1, 0.15) is 1.43 Å². The molecule has 0 aliphatic rings. The molecule has 0 saturated carbocycles. The second-order valence-corrected chi connectivity index (χ2v) is 9.25. The molecule has 3 heterocycles. The Bertz CT molecular complexity index is 1440. The van der Waals surface area contributed by atoms with Gasteiger partial charge in [-0.05, 0) is 57.9 Å². The van der Waals surface area contributed by atoms with E-state index < -0.39 is 10.1 Å². The van der Waals surface area contributed by atoms with Gasteiger partial charge < -0.3 is 1.43 Å². The van der Waals surface area contributed by atoms with E-state index in [1.807, 2.05) is 39.7 Å². The van der Waals surface area contributed by atoms with E-state index in [9.17, 15) is 13.0 Å². The van der Waals surface area contributed by atoms with Crippen molar-refractivity contribution in [2.24, 2.45) is 0 Å². The maximum absolute atomic E-state index is 11.5. The van der Waals surface area contributed by atoms with Crippen LogP contribution >= 0.6 is 22.7 Å². The first-order valence-corrected chi connectivity index (χ1v) is 11.6. The molecule has 0 atom stereocenters. The van der Waals surface area contributed by atoms with Crippen molar-refractivity contribution in [1.82, 2.24) is 9.97 Å². The Hall–Kier alpha value is -1.65. The summed E-state index contributed by atoms with van der Waals surface area (Å²) in [5, 5.41) is 9.59. The quantitative estimate of drug-likeness (QED) is 0.261. The maximum atomic E-state index is 11.5. The topological polar surface area (TPSA) is 80.2 Å². The van der Waals surface area contributed by atoms with Crippen LogP contribution in [0.15, 0.2) is 68.9 Å². The fourth-order valence-electron chi connectivity index (χ4n) is 3.14. The van der Waals surface area contributed by atoms with Gasteiger partial charge in [0, 0.05) is 21.9 Å². The zero-order valence-electron chi connectivity index (χ0n) is 16.2. The fourth-order valence-corrected chi connectivity index (χ4v) is 4.94. The first-order valence-electron chi connectivity index (χ1n) is 8.27. The molecule has 0 aliphatic heterocycles. The minimum atomic E-state index is -4.26. The van der Waals surface area contributed by atoms with Crippen LogP contribution in [-0.2, 0) is 10.1 Å². The average Bonchev–Trinajstić information content (AvgIpc) is 3.37. The molecule has 0 bridgehead atoms. The van der Waals surface area contributed by atoms with Crippen molar-refractivity contribution in [3.05, 3.63) is 64.0 Å². The summed E-state index contributed by atoms with van der Waals surface area (Å²) in [6.07, 6.45) is 0. The van der Waals surface area contributed by atoms with E-state index >= 15 is 0 Å². The predicted octanol–water partition coefficient (Wildman–Crippen LogP) is 2.60. The minimum Gasteiger partial charge on any atom is -1.00 e. The Kier molecular flexibility index (Phi) is 5.60. The van der Waals surface area contributed by atoms with Gasteiger partial charge in [-0.15, -0.1) is 0 Å². The summed E-state index contributed by atoms with van der Waals surface area (Å²) in [5.41, 5.74) is 5.01. The standard InChI is InChI=1S/C20H12N2O3S3.Na.H/c23-28(24,25)16-2-1-12-8-17-18(9-15(12)7-16)22-20(14-4-6-27-11-14)19(21-17)13-3-5-26-10-13;;/h1-11H,(H,23,24,25);;/q;+1;-1. The fraction of sp³-hybridized carbons (Fsp3) is 0. The number of rotatable bonds is 3. The van der Waals surface area contributed by atoms with Crippen LogP contribution in [0, 0.1) is 0 Å². The molecular formula is C20H13N2NaO3S3. The van der Waals surface area contributed by atoms with Gasteiger partial charge in [0.2, 0.25) is 0 Å². The third kappa shape index (κ3) is 3.89. The van der Waals surface area contributed by atoms with E-state index in [0.29, 0.717) is 10.9 Å². The Morgan fingerprint density at radius 2 is 1.34 bits per heavy atom. The number of fused-ring (bicyclic) bond motifs is 2. The summed E-state index contributed by atoms with van der Waals surface area (Å²) in [5.74, 6) is 0. The predicted molar refractivity (Wildman–Crippen MR) is 115 cm³/mol. The van der Waals surface area contributed by atoms with Crippen molar-refractivity contribution in [1.29, 1.82) is 0 Å². The van der Waals surface area contributed by atoms with Crippen LogP contribution in [0.3, 0.4) is 0 Å². The maximum Gasteiger partial charge on any atom is 1.00 e. The number of hydrogen-bond acceptors (Lipinski definition) is 6. The molecule has 5 aromatic rings. The zero-order chi connectivity index (χ0) is 19.3. The van der Waals surface area contributed by atoms with Gasteiger partial charge in [-0.1, -0.05) is 6.07 Å². The minimum absolute atomic E-state index is 0. The number of nitrogens with zero attached hydrogens (tertiary/aromatic N) is 2. The third-order valence-corrected chi connectivity index (χ3v) is 6.70. The van der Waals surface area contributed by atoms with Gasteiger partial charge in [0.1, 0.15) is 0 Å². The summed E-state index contributed by atoms with van der Waals surface area (Å²) < 4.78 is 32.2.